The Morgan fingerprint density at radius 2 is 2.10 bits per heavy atom. The third-order valence-electron chi connectivity index (χ3n) is 5.41. The second kappa shape index (κ2) is 11.4. The first kappa shape index (κ1) is 21.9. The molecule has 1 unspecified atom stereocenters. The minimum Gasteiger partial charge on any atom is -0.488 e. The van der Waals surface area contributed by atoms with Crippen molar-refractivity contribution in [1.82, 2.24) is 15.5 Å². The van der Waals surface area contributed by atoms with E-state index >= 15 is 0 Å². The molecule has 1 aromatic rings. The predicted octanol–water partition coefficient (Wildman–Crippen LogP) is 1.94. The summed E-state index contributed by atoms with van der Waals surface area (Å²) in [6.45, 7) is 7.83. The number of rotatable bonds is 11. The molecule has 29 heavy (non-hydrogen) atoms. The third-order valence-corrected chi connectivity index (χ3v) is 5.41. The fourth-order valence-corrected chi connectivity index (χ4v) is 3.55. The monoisotopic (exact) mass is 404 g/mol. The standard InChI is InChI=1S/C22H36N4O3/c1-17-4-5-18(21(14-17)29-20-8-12-28-16-20)15-25-22(23-2)24-9-10-26(11-13-27-3)19-6-7-19/h4-5,14,19-20H,6-13,15-16H2,1-3H3,(H2,23,24,25). The number of aryl methyl sites for hydroxylation is 1. The molecule has 2 aliphatic rings. The van der Waals surface area contributed by atoms with Gasteiger partial charge in [0.25, 0.3) is 0 Å². The summed E-state index contributed by atoms with van der Waals surface area (Å²) in [5.41, 5.74) is 2.33. The van der Waals surface area contributed by atoms with Gasteiger partial charge in [-0.3, -0.25) is 9.89 Å². The van der Waals surface area contributed by atoms with Crippen LogP contribution in [0.1, 0.15) is 30.4 Å². The molecule has 0 amide bonds. The maximum absolute atomic E-state index is 6.19. The molecule has 7 heteroatoms. The van der Waals surface area contributed by atoms with Crippen LogP contribution in [0, 0.1) is 6.92 Å². The molecule has 1 aliphatic carbocycles. The lowest BCUT2D eigenvalue weighted by atomic mass is 10.1. The largest absolute Gasteiger partial charge is 0.488 e. The van der Waals surface area contributed by atoms with E-state index in [1.807, 2.05) is 0 Å². The molecule has 1 aliphatic heterocycles. The number of methoxy groups -OCH3 is 1. The van der Waals surface area contributed by atoms with Crippen molar-refractivity contribution in [3.8, 4) is 5.75 Å². The summed E-state index contributed by atoms with van der Waals surface area (Å²) in [6, 6.07) is 7.08. The molecule has 0 radical (unpaired) electrons. The maximum Gasteiger partial charge on any atom is 0.191 e. The number of ether oxygens (including phenoxy) is 3. The van der Waals surface area contributed by atoms with Gasteiger partial charge in [-0.15, -0.1) is 0 Å². The number of hydrogen-bond donors (Lipinski definition) is 2. The van der Waals surface area contributed by atoms with Crippen molar-refractivity contribution in [2.24, 2.45) is 4.99 Å². The number of guanidine groups is 1. The number of benzene rings is 1. The zero-order valence-electron chi connectivity index (χ0n) is 18.1. The van der Waals surface area contributed by atoms with Gasteiger partial charge >= 0.3 is 0 Å². The number of nitrogens with zero attached hydrogens (tertiary/aromatic N) is 2. The Balaban J connectivity index is 1.47. The highest BCUT2D eigenvalue weighted by atomic mass is 16.5. The normalized spacial score (nSPS) is 19.6. The lowest BCUT2D eigenvalue weighted by Crippen LogP contribution is -2.42. The van der Waals surface area contributed by atoms with E-state index < -0.39 is 0 Å². The molecule has 1 atom stereocenters. The van der Waals surface area contributed by atoms with Crippen LogP contribution in [0.15, 0.2) is 23.2 Å². The molecule has 3 rings (SSSR count). The number of nitrogens with one attached hydrogen (secondary N) is 2. The Labute approximate surface area is 174 Å². The van der Waals surface area contributed by atoms with Gasteiger partial charge in [0.1, 0.15) is 11.9 Å². The Kier molecular flexibility index (Phi) is 8.58. The van der Waals surface area contributed by atoms with Gasteiger partial charge in [-0.2, -0.15) is 0 Å². The smallest absolute Gasteiger partial charge is 0.191 e. The van der Waals surface area contributed by atoms with E-state index in [0.717, 1.165) is 62.6 Å². The topological polar surface area (TPSA) is 67.4 Å². The molecule has 2 N–H and O–H groups in total. The highest BCUT2D eigenvalue weighted by molar-refractivity contribution is 5.79. The summed E-state index contributed by atoms with van der Waals surface area (Å²) in [5.74, 6) is 1.74. The van der Waals surface area contributed by atoms with Crippen LogP contribution in [0.4, 0.5) is 0 Å². The van der Waals surface area contributed by atoms with Crippen molar-refractivity contribution in [3.05, 3.63) is 29.3 Å². The van der Waals surface area contributed by atoms with Gasteiger partial charge in [-0.25, -0.2) is 0 Å². The van der Waals surface area contributed by atoms with Crippen LogP contribution in [0.2, 0.25) is 0 Å². The van der Waals surface area contributed by atoms with Gasteiger partial charge in [0.2, 0.25) is 0 Å². The van der Waals surface area contributed by atoms with Gasteiger partial charge in [0.05, 0.1) is 19.8 Å². The summed E-state index contributed by atoms with van der Waals surface area (Å²) in [6.07, 6.45) is 3.70. The predicted molar refractivity (Wildman–Crippen MR) is 116 cm³/mol. The second-order valence-electron chi connectivity index (χ2n) is 7.83. The van der Waals surface area contributed by atoms with Gasteiger partial charge in [-0.05, 0) is 31.4 Å². The molecule has 0 spiro atoms. The minimum atomic E-state index is 0.147. The average molecular weight is 405 g/mol. The van der Waals surface area contributed by atoms with Gasteiger partial charge in [0.15, 0.2) is 5.96 Å². The van der Waals surface area contributed by atoms with Crippen LogP contribution >= 0.6 is 0 Å². The van der Waals surface area contributed by atoms with Crippen molar-refractivity contribution >= 4 is 5.96 Å². The first-order chi connectivity index (χ1) is 14.2. The van der Waals surface area contributed by atoms with E-state index in [0.29, 0.717) is 13.2 Å². The molecule has 1 aromatic carbocycles. The lowest BCUT2D eigenvalue weighted by molar-refractivity contribution is 0.140. The van der Waals surface area contributed by atoms with Crippen molar-refractivity contribution in [2.45, 2.75) is 44.9 Å². The molecule has 162 valence electrons. The van der Waals surface area contributed by atoms with Crippen LogP contribution in [0.25, 0.3) is 0 Å². The molecule has 1 saturated carbocycles. The Bertz CT molecular complexity index is 657. The minimum absolute atomic E-state index is 0.147. The highest BCUT2D eigenvalue weighted by Gasteiger charge is 2.28. The van der Waals surface area contributed by atoms with E-state index in [1.165, 1.54) is 18.4 Å². The summed E-state index contributed by atoms with van der Waals surface area (Å²) in [5, 5.41) is 6.85. The fraction of sp³-hybridized carbons (Fsp3) is 0.682. The summed E-state index contributed by atoms with van der Waals surface area (Å²) in [4.78, 5) is 6.86. The van der Waals surface area contributed by atoms with Crippen molar-refractivity contribution in [2.75, 3.05) is 53.6 Å². The number of hydrogen-bond acceptors (Lipinski definition) is 5. The Morgan fingerprint density at radius 3 is 2.79 bits per heavy atom. The third kappa shape index (κ3) is 7.17. The summed E-state index contributed by atoms with van der Waals surface area (Å²) >= 11 is 0. The SMILES string of the molecule is CN=C(NCCN(CCOC)C1CC1)NCc1ccc(C)cc1OC1CCOC1. The van der Waals surface area contributed by atoms with E-state index in [4.69, 9.17) is 14.2 Å². The Hall–Kier alpha value is -1.83. The fourth-order valence-electron chi connectivity index (χ4n) is 3.55. The molecule has 1 saturated heterocycles. The molecule has 2 fully saturated rings. The van der Waals surface area contributed by atoms with E-state index in [1.54, 1.807) is 14.2 Å². The highest BCUT2D eigenvalue weighted by Crippen LogP contribution is 2.26. The van der Waals surface area contributed by atoms with Crippen LogP contribution < -0.4 is 15.4 Å². The van der Waals surface area contributed by atoms with Crippen molar-refractivity contribution < 1.29 is 14.2 Å². The second-order valence-corrected chi connectivity index (χ2v) is 7.83. The van der Waals surface area contributed by atoms with E-state index in [2.05, 4.69) is 45.6 Å². The molecule has 1 heterocycles. The molecule has 0 bridgehead atoms. The zero-order valence-corrected chi connectivity index (χ0v) is 18.1. The molecule has 7 nitrogen and oxygen atoms in total. The van der Waals surface area contributed by atoms with Crippen LogP contribution in [-0.4, -0.2) is 76.6 Å². The van der Waals surface area contributed by atoms with E-state index in [-0.39, 0.29) is 6.10 Å². The average Bonchev–Trinajstić information content (AvgIpc) is 3.44. The van der Waals surface area contributed by atoms with Crippen LogP contribution in [0.5, 0.6) is 5.75 Å². The number of aliphatic imine (C=N–C) groups is 1. The van der Waals surface area contributed by atoms with Gasteiger partial charge < -0.3 is 24.8 Å². The maximum atomic E-state index is 6.19. The van der Waals surface area contributed by atoms with Crippen molar-refractivity contribution in [1.29, 1.82) is 0 Å². The Morgan fingerprint density at radius 1 is 1.24 bits per heavy atom. The zero-order chi connectivity index (χ0) is 20.5. The summed E-state index contributed by atoms with van der Waals surface area (Å²) in [7, 11) is 3.57. The van der Waals surface area contributed by atoms with Gasteiger partial charge in [-0.1, -0.05) is 12.1 Å². The molecular formula is C22H36N4O3. The lowest BCUT2D eigenvalue weighted by Gasteiger charge is -2.22. The van der Waals surface area contributed by atoms with Crippen LogP contribution in [0.3, 0.4) is 0 Å². The van der Waals surface area contributed by atoms with Crippen LogP contribution in [-0.2, 0) is 16.0 Å². The quantitative estimate of drug-likeness (QED) is 0.434. The first-order valence-electron chi connectivity index (χ1n) is 10.7. The van der Waals surface area contributed by atoms with Crippen molar-refractivity contribution in [3.63, 3.8) is 0 Å². The van der Waals surface area contributed by atoms with Gasteiger partial charge in [0, 0.05) is 58.4 Å². The first-order valence-corrected chi connectivity index (χ1v) is 10.7. The van der Waals surface area contributed by atoms with E-state index in [9.17, 15) is 0 Å². The molecule has 0 aromatic heterocycles. The molecular weight excluding hydrogens is 368 g/mol. The summed E-state index contributed by atoms with van der Waals surface area (Å²) < 4.78 is 16.9.